The lowest BCUT2D eigenvalue weighted by molar-refractivity contribution is 0.332. The maximum absolute atomic E-state index is 7.80. The molecule has 0 amide bonds. The molecule has 386 valence electrons. The van der Waals surface area contributed by atoms with Crippen LogP contribution in [0.5, 0.6) is 0 Å². The van der Waals surface area contributed by atoms with E-state index in [2.05, 4.69) is 276 Å². The molecule has 7 aromatic carbocycles. The van der Waals surface area contributed by atoms with Crippen LogP contribution in [0.3, 0.4) is 0 Å². The fourth-order valence-electron chi connectivity index (χ4n) is 13.9. The van der Waals surface area contributed by atoms with Gasteiger partial charge in [0.15, 0.2) is 0 Å². The molecule has 15 heteroatoms. The van der Waals surface area contributed by atoms with Crippen molar-refractivity contribution in [1.29, 1.82) is 0 Å². The molecule has 0 N–H and O–H groups in total. The highest BCUT2D eigenvalue weighted by Crippen LogP contribution is 2.53. The van der Waals surface area contributed by atoms with Crippen molar-refractivity contribution in [1.82, 2.24) is 0 Å². The molecule has 0 unspecified atom stereocenters. The summed E-state index contributed by atoms with van der Waals surface area (Å²) >= 11 is 0. The highest BCUT2D eigenvalue weighted by Gasteiger charge is 2.49. The van der Waals surface area contributed by atoms with E-state index in [4.69, 9.17) is 4.42 Å². The van der Waals surface area contributed by atoms with Crippen LogP contribution in [0.1, 0.15) is 135 Å². The molecule has 8 aromatic rings. The number of hydrogen-bond acceptors (Lipinski definition) is 3. The Morgan fingerprint density at radius 3 is 1.54 bits per heavy atom. The molecule has 1 aromatic heterocycles. The average molecular weight is 1020 g/mol. The van der Waals surface area contributed by atoms with Gasteiger partial charge in [-0.2, -0.15) is 0 Å². The molecule has 3 heterocycles. The Kier molecular flexibility index (Phi) is 12.8. The van der Waals surface area contributed by atoms with Gasteiger partial charge in [-0.05, 0) is 139 Å². The number of benzene rings is 7. The van der Waals surface area contributed by atoms with Gasteiger partial charge >= 0.3 is 0 Å². The van der Waals surface area contributed by atoms with Crippen molar-refractivity contribution in [3.8, 4) is 11.1 Å². The van der Waals surface area contributed by atoms with Crippen LogP contribution in [-0.2, 0) is 32.2 Å². The Balaban J connectivity index is 1.32. The Morgan fingerprint density at radius 2 is 0.987 bits per heavy atom. The SMILES string of the molecule is Bc1cc(C(C)(C)c2ccc3c(c2)B2c4oc5cc6c(cc5c4N(c4ccc(C(C)(C)C)cc4)c4cc(C(B)(B)B)cc(c42)N3c2ccc(C(C)(C)C)cc2-c2c(B)c(B)c(B)c(B)c2B)C(C)(C)CCC6(C)C)cc(B)c1B. The fourth-order valence-corrected chi connectivity index (χ4v) is 13.9. The standard InChI is InChI=1S/C64H78B12N2O/c1-59(2,3)31-13-17-36(18-14-31)77-46-27-35(64(73,74)75)28-47-56(46)76(58-57(77)38-29-39-40(30-48(38)79-58)62(9,10)22-21-61(39,7)8)43-26-33(63(11,12)34-24-41(65)50(67)42(66)25-34)16-20-45(43)78(47)44-19-15-32(60(4,5)6)23-37(44)49-51(68)53(70)55(72)54(71)52(49)69/h13-20,23-30H,21-22,65-75H2,1-12H3. The number of furan rings is 1. The van der Waals surface area contributed by atoms with Gasteiger partial charge < -0.3 is 14.2 Å². The van der Waals surface area contributed by atoms with E-state index in [0.29, 0.717) is 0 Å². The predicted molar refractivity (Wildman–Crippen MR) is 380 cm³/mol. The van der Waals surface area contributed by atoms with Crippen molar-refractivity contribution < 1.29 is 4.42 Å². The van der Waals surface area contributed by atoms with Crippen LogP contribution in [0.4, 0.5) is 34.1 Å². The molecule has 0 spiro atoms. The minimum Gasteiger partial charge on any atom is -0.468 e. The van der Waals surface area contributed by atoms with Crippen LogP contribution in [-0.4, -0.2) is 93.0 Å². The quantitative estimate of drug-likeness (QED) is 0.190. The molecular weight excluding hydrogens is 942 g/mol. The number of rotatable bonds is 6. The number of nitrogens with zero attached hydrogens (tertiary/aromatic N) is 2. The fraction of sp³-hybridized carbons (Fsp3) is 0.312. The van der Waals surface area contributed by atoms with Crippen LogP contribution in [0.2, 0.25) is 0 Å². The zero-order valence-electron chi connectivity index (χ0n) is 52.5. The van der Waals surface area contributed by atoms with E-state index in [1.165, 1.54) is 133 Å². The van der Waals surface area contributed by atoms with Gasteiger partial charge in [0.2, 0.25) is 0 Å². The summed E-state index contributed by atoms with van der Waals surface area (Å²) in [6, 6.07) is 39.4. The van der Waals surface area contributed by atoms with Gasteiger partial charge in [0.1, 0.15) is 68.4 Å². The van der Waals surface area contributed by atoms with Gasteiger partial charge in [-0.3, -0.25) is 0 Å². The zero-order chi connectivity index (χ0) is 57.3. The van der Waals surface area contributed by atoms with Gasteiger partial charge in [-0.25, -0.2) is 0 Å². The lowest BCUT2D eigenvalue weighted by atomic mass is 9.34. The minimum absolute atomic E-state index is 0.00105. The first-order chi connectivity index (χ1) is 36.6. The summed E-state index contributed by atoms with van der Waals surface area (Å²) in [5.74, 6) is 0. The summed E-state index contributed by atoms with van der Waals surface area (Å²) in [4.78, 5) is 5.30. The van der Waals surface area contributed by atoms with Crippen LogP contribution >= 0.6 is 0 Å². The summed E-state index contributed by atoms with van der Waals surface area (Å²) in [5.41, 5.74) is 34.2. The molecule has 0 atom stereocenters. The predicted octanol–water partition coefficient (Wildman–Crippen LogP) is -1.47. The van der Waals surface area contributed by atoms with Crippen molar-refractivity contribution in [2.75, 3.05) is 9.80 Å². The smallest absolute Gasteiger partial charge is 0.297 e. The number of hydrogen-bond donors (Lipinski definition) is 0. The molecule has 0 saturated carbocycles. The maximum atomic E-state index is 7.80. The van der Waals surface area contributed by atoms with Gasteiger partial charge in [0, 0.05) is 39.1 Å². The summed E-state index contributed by atoms with van der Waals surface area (Å²) < 4.78 is 7.80. The maximum Gasteiger partial charge on any atom is 0.297 e. The van der Waals surface area contributed by atoms with Gasteiger partial charge in [-0.1, -0.05) is 158 Å². The lowest BCUT2D eigenvalue weighted by Gasteiger charge is -2.45. The molecular formula is C64H78B12N2O. The van der Waals surface area contributed by atoms with Crippen molar-refractivity contribution in [2.45, 2.75) is 128 Å². The van der Waals surface area contributed by atoms with Crippen molar-refractivity contribution in [3.63, 3.8) is 0 Å². The molecule has 79 heavy (non-hydrogen) atoms. The first kappa shape index (κ1) is 55.4. The largest absolute Gasteiger partial charge is 0.468 e. The molecule has 0 bridgehead atoms. The second kappa shape index (κ2) is 18.2. The van der Waals surface area contributed by atoms with Crippen molar-refractivity contribution in [2.24, 2.45) is 0 Å². The van der Waals surface area contributed by atoms with Crippen LogP contribution in [0.25, 0.3) is 22.1 Å². The van der Waals surface area contributed by atoms with E-state index in [9.17, 15) is 0 Å². The second-order valence-corrected chi connectivity index (χ2v) is 29.7. The number of fused-ring (bicyclic) bond motifs is 7. The van der Waals surface area contributed by atoms with E-state index in [1.54, 1.807) is 0 Å². The van der Waals surface area contributed by atoms with Crippen LogP contribution in [0, 0.1) is 0 Å². The Morgan fingerprint density at radius 1 is 0.481 bits per heavy atom. The molecule has 3 aliphatic rings. The third kappa shape index (κ3) is 8.69. The Bertz CT molecular complexity index is 3840. The molecule has 0 radical (unpaired) electrons. The Hall–Kier alpha value is -5.54. The second-order valence-electron chi connectivity index (χ2n) is 29.7. The average Bonchev–Trinajstić information content (AvgIpc) is 4.00. The van der Waals surface area contributed by atoms with Gasteiger partial charge in [0.05, 0.1) is 40.6 Å². The topological polar surface area (TPSA) is 19.6 Å². The molecule has 3 nitrogen and oxygen atoms in total. The first-order valence-corrected chi connectivity index (χ1v) is 29.6. The molecule has 2 aliphatic heterocycles. The molecule has 1 aliphatic carbocycles. The van der Waals surface area contributed by atoms with Crippen LogP contribution < -0.4 is 70.1 Å². The third-order valence-electron chi connectivity index (χ3n) is 20.2. The van der Waals surface area contributed by atoms with Crippen LogP contribution in [0.15, 0.2) is 101 Å². The lowest BCUT2D eigenvalue weighted by Crippen LogP contribution is -2.61. The molecule has 0 saturated heterocycles. The van der Waals surface area contributed by atoms with E-state index in [-0.39, 0.29) is 38.9 Å². The summed E-state index contributed by atoms with van der Waals surface area (Å²) in [6.45, 7) is 28.4. The highest BCUT2D eigenvalue weighted by molar-refractivity contribution is 7.00. The normalized spacial score (nSPS) is 15.7. The minimum atomic E-state index is -0.310. The van der Waals surface area contributed by atoms with E-state index in [0.717, 1.165) is 35.5 Å². The van der Waals surface area contributed by atoms with E-state index in [1.807, 2.05) is 0 Å². The van der Waals surface area contributed by atoms with Gasteiger partial charge in [-0.15, -0.1) is 21.9 Å². The zero-order valence-corrected chi connectivity index (χ0v) is 52.5. The monoisotopic (exact) mass is 1020 g/mol. The number of anilines is 6. The third-order valence-corrected chi connectivity index (χ3v) is 20.2. The first-order valence-electron chi connectivity index (χ1n) is 29.6. The summed E-state index contributed by atoms with van der Waals surface area (Å²) in [7, 11) is 25.6. The van der Waals surface area contributed by atoms with Crippen molar-refractivity contribution >= 4 is 198 Å². The summed E-state index contributed by atoms with van der Waals surface area (Å²) in [6.07, 6.45) is 2.28. The van der Waals surface area contributed by atoms with Crippen molar-refractivity contribution in [3.05, 3.63) is 136 Å². The van der Waals surface area contributed by atoms with Gasteiger partial charge in [0.25, 0.3) is 6.71 Å². The molecule has 0 fully saturated rings. The molecule has 11 rings (SSSR count). The Labute approximate surface area is 485 Å². The summed E-state index contributed by atoms with van der Waals surface area (Å²) in [5, 5.41) is 1.01. The van der Waals surface area contributed by atoms with E-state index >= 15 is 0 Å². The highest BCUT2D eigenvalue weighted by atomic mass is 16.3. The van der Waals surface area contributed by atoms with E-state index < -0.39 is 0 Å².